The molecule has 15 heavy (non-hydrogen) atoms. The average Bonchev–Trinajstić information content (AvgIpc) is 2.50. The van der Waals surface area contributed by atoms with Gasteiger partial charge in [-0.1, -0.05) is 0 Å². The third kappa shape index (κ3) is 0.882. The number of likely N-dealkylation sites (tertiary alicyclic amines) is 1. The Labute approximate surface area is 89.2 Å². The Kier molecular flexibility index (Phi) is 1.75. The van der Waals surface area contributed by atoms with Gasteiger partial charge in [0.05, 0.1) is 19.1 Å². The van der Waals surface area contributed by atoms with E-state index in [2.05, 4.69) is 11.9 Å². The Bertz CT molecular complexity index is 319. The van der Waals surface area contributed by atoms with Crippen molar-refractivity contribution in [3.8, 4) is 0 Å². The lowest BCUT2D eigenvalue weighted by atomic mass is 9.53. The molecule has 1 N–H and O–H groups in total. The third-order valence-corrected chi connectivity index (χ3v) is 4.88. The second kappa shape index (κ2) is 2.74. The first-order valence-corrected chi connectivity index (χ1v) is 5.59. The standard InChI is InChI=1S/C11H17NO3/c1-12-7-3-4-11(7)5-6(13)8(9(11)12)10(14)15-2/h6-9,13H,3-5H2,1-2H3. The molecule has 0 amide bonds. The maximum Gasteiger partial charge on any atom is 0.312 e. The smallest absolute Gasteiger partial charge is 0.312 e. The van der Waals surface area contributed by atoms with Gasteiger partial charge in [-0.3, -0.25) is 9.69 Å². The fourth-order valence-electron chi connectivity index (χ4n) is 4.23. The maximum atomic E-state index is 11.6. The summed E-state index contributed by atoms with van der Waals surface area (Å²) in [7, 11) is 3.46. The van der Waals surface area contributed by atoms with Crippen molar-refractivity contribution in [1.29, 1.82) is 0 Å². The van der Waals surface area contributed by atoms with Crippen LogP contribution in [0.1, 0.15) is 19.3 Å². The van der Waals surface area contributed by atoms with Gasteiger partial charge in [0.15, 0.2) is 0 Å². The summed E-state index contributed by atoms with van der Waals surface area (Å²) in [5.74, 6) is -0.571. The van der Waals surface area contributed by atoms with Crippen molar-refractivity contribution in [3.63, 3.8) is 0 Å². The van der Waals surface area contributed by atoms with Crippen LogP contribution in [0.25, 0.3) is 0 Å². The molecule has 2 saturated carbocycles. The molecule has 4 heteroatoms. The van der Waals surface area contributed by atoms with Gasteiger partial charge in [-0.25, -0.2) is 0 Å². The second-order valence-electron chi connectivity index (χ2n) is 5.22. The number of carbonyl (C=O) groups is 1. The monoisotopic (exact) mass is 211 g/mol. The van der Waals surface area contributed by atoms with Crippen LogP contribution in [-0.4, -0.2) is 48.3 Å². The summed E-state index contributed by atoms with van der Waals surface area (Å²) in [5, 5.41) is 9.98. The van der Waals surface area contributed by atoms with E-state index < -0.39 is 6.10 Å². The molecule has 1 aliphatic heterocycles. The molecule has 5 unspecified atom stereocenters. The predicted octanol–water partition coefficient (Wildman–Crippen LogP) is 0.00300. The lowest BCUT2D eigenvalue weighted by molar-refractivity contribution is -0.193. The summed E-state index contributed by atoms with van der Waals surface area (Å²) in [5.41, 5.74) is 0.243. The van der Waals surface area contributed by atoms with Crippen LogP contribution in [0.15, 0.2) is 0 Å². The normalized spacial score (nSPS) is 52.5. The molecule has 3 rings (SSSR count). The summed E-state index contributed by atoms with van der Waals surface area (Å²) in [6.07, 6.45) is 2.66. The summed E-state index contributed by atoms with van der Waals surface area (Å²) >= 11 is 0. The Morgan fingerprint density at radius 3 is 2.87 bits per heavy atom. The zero-order chi connectivity index (χ0) is 10.8. The molecule has 3 aliphatic rings. The van der Waals surface area contributed by atoms with E-state index in [0.29, 0.717) is 6.04 Å². The summed E-state index contributed by atoms with van der Waals surface area (Å²) in [4.78, 5) is 13.9. The minimum Gasteiger partial charge on any atom is -0.469 e. The molecule has 0 radical (unpaired) electrons. The fourth-order valence-corrected chi connectivity index (χ4v) is 4.23. The SMILES string of the molecule is COC(=O)C1C(O)CC23CCC2N(C)C13. The molecule has 0 aromatic rings. The number of carbonyl (C=O) groups excluding carboxylic acids is 1. The largest absolute Gasteiger partial charge is 0.469 e. The molecule has 0 aromatic carbocycles. The van der Waals surface area contributed by atoms with Gasteiger partial charge in [-0.15, -0.1) is 0 Å². The molecule has 5 atom stereocenters. The molecule has 0 aromatic heterocycles. The molecule has 3 fully saturated rings. The van der Waals surface area contributed by atoms with E-state index >= 15 is 0 Å². The number of rotatable bonds is 1. The highest BCUT2D eigenvalue weighted by molar-refractivity contribution is 5.75. The highest BCUT2D eigenvalue weighted by Crippen LogP contribution is 2.66. The second-order valence-corrected chi connectivity index (χ2v) is 5.22. The molecular weight excluding hydrogens is 194 g/mol. The van der Waals surface area contributed by atoms with E-state index in [0.717, 1.165) is 12.8 Å². The van der Waals surface area contributed by atoms with Gasteiger partial charge in [-0.05, 0) is 26.3 Å². The van der Waals surface area contributed by atoms with Gasteiger partial charge in [0.2, 0.25) is 0 Å². The summed E-state index contributed by atoms with van der Waals surface area (Å²) < 4.78 is 4.78. The molecule has 84 valence electrons. The predicted molar refractivity (Wildman–Crippen MR) is 53.1 cm³/mol. The van der Waals surface area contributed by atoms with Gasteiger partial charge >= 0.3 is 5.97 Å². The van der Waals surface area contributed by atoms with E-state index in [-0.39, 0.29) is 23.3 Å². The van der Waals surface area contributed by atoms with E-state index in [9.17, 15) is 9.90 Å². The topological polar surface area (TPSA) is 49.8 Å². The van der Waals surface area contributed by atoms with Crippen molar-refractivity contribution in [2.24, 2.45) is 11.3 Å². The molecule has 4 nitrogen and oxygen atoms in total. The lowest BCUT2D eigenvalue weighted by Gasteiger charge is -2.68. The van der Waals surface area contributed by atoms with Crippen molar-refractivity contribution in [2.45, 2.75) is 37.5 Å². The fraction of sp³-hybridized carbons (Fsp3) is 0.909. The number of aliphatic hydroxyl groups is 1. The molecule has 0 bridgehead atoms. The highest BCUT2D eigenvalue weighted by Gasteiger charge is 2.72. The number of piperidine rings is 1. The number of hydrogen-bond acceptors (Lipinski definition) is 4. The van der Waals surface area contributed by atoms with Crippen LogP contribution in [0.4, 0.5) is 0 Å². The Balaban J connectivity index is 1.89. The number of esters is 1. The van der Waals surface area contributed by atoms with Crippen LogP contribution < -0.4 is 0 Å². The third-order valence-electron chi connectivity index (χ3n) is 4.88. The minimum absolute atomic E-state index is 0.221. The molecule has 1 heterocycles. The van der Waals surface area contributed by atoms with Gasteiger partial charge in [-0.2, -0.15) is 0 Å². The van der Waals surface area contributed by atoms with Gasteiger partial charge < -0.3 is 9.84 Å². The summed E-state index contributed by atoms with van der Waals surface area (Å²) in [6, 6.07) is 0.825. The van der Waals surface area contributed by atoms with Crippen molar-refractivity contribution < 1.29 is 14.6 Å². The quantitative estimate of drug-likeness (QED) is 0.620. The van der Waals surface area contributed by atoms with E-state index in [1.54, 1.807) is 0 Å². The number of ether oxygens (including phenoxy) is 1. The Morgan fingerprint density at radius 1 is 1.60 bits per heavy atom. The average molecular weight is 211 g/mol. The van der Waals surface area contributed by atoms with Crippen LogP contribution >= 0.6 is 0 Å². The zero-order valence-corrected chi connectivity index (χ0v) is 9.14. The number of nitrogens with zero attached hydrogens (tertiary/aromatic N) is 1. The molecular formula is C11H17NO3. The molecule has 2 aliphatic carbocycles. The van der Waals surface area contributed by atoms with Crippen LogP contribution in [0.2, 0.25) is 0 Å². The van der Waals surface area contributed by atoms with E-state index in [1.807, 2.05) is 0 Å². The van der Waals surface area contributed by atoms with Gasteiger partial charge in [0, 0.05) is 17.5 Å². The first-order valence-electron chi connectivity index (χ1n) is 5.59. The van der Waals surface area contributed by atoms with Crippen molar-refractivity contribution in [1.82, 2.24) is 4.90 Å². The maximum absolute atomic E-state index is 11.6. The van der Waals surface area contributed by atoms with Crippen LogP contribution in [0, 0.1) is 11.3 Å². The Morgan fingerprint density at radius 2 is 2.33 bits per heavy atom. The number of hydrogen-bond donors (Lipinski definition) is 1. The molecule has 1 spiro atoms. The van der Waals surface area contributed by atoms with Crippen LogP contribution in [0.3, 0.4) is 0 Å². The number of aliphatic hydroxyl groups excluding tert-OH is 1. The van der Waals surface area contributed by atoms with Crippen molar-refractivity contribution in [3.05, 3.63) is 0 Å². The number of methoxy groups -OCH3 is 1. The minimum atomic E-state index is -0.504. The van der Waals surface area contributed by atoms with Crippen LogP contribution in [-0.2, 0) is 9.53 Å². The zero-order valence-electron chi connectivity index (χ0n) is 9.14. The van der Waals surface area contributed by atoms with Gasteiger partial charge in [0.1, 0.15) is 0 Å². The highest BCUT2D eigenvalue weighted by atomic mass is 16.5. The van der Waals surface area contributed by atoms with E-state index in [4.69, 9.17) is 4.74 Å². The Hall–Kier alpha value is -0.610. The van der Waals surface area contributed by atoms with Crippen molar-refractivity contribution in [2.75, 3.05) is 14.2 Å². The van der Waals surface area contributed by atoms with E-state index in [1.165, 1.54) is 13.5 Å². The van der Waals surface area contributed by atoms with Crippen LogP contribution in [0.5, 0.6) is 0 Å². The summed E-state index contributed by atoms with van der Waals surface area (Å²) in [6.45, 7) is 0. The van der Waals surface area contributed by atoms with Crippen molar-refractivity contribution >= 4 is 5.97 Å². The molecule has 1 saturated heterocycles. The first kappa shape index (κ1) is 9.60. The first-order chi connectivity index (χ1) is 7.12. The van der Waals surface area contributed by atoms with Gasteiger partial charge in [0.25, 0.3) is 0 Å². The lowest BCUT2D eigenvalue weighted by Crippen LogP contribution is -2.75.